The quantitative estimate of drug-likeness (QED) is 0.687. The minimum Gasteiger partial charge on any atom is -0.488 e. The average molecular weight is 414 g/mol. The fraction of sp³-hybridized carbons (Fsp3) is 0.409. The smallest absolute Gasteiger partial charge is 0.254 e. The zero-order valence-electron chi connectivity index (χ0n) is 17.0. The Labute approximate surface area is 173 Å². The SMILES string of the molecule is Cc1cc(C(=O)NC(C)COc2ccc(F)cc2F)c2nc3n(c2n1)CCCCC3. The lowest BCUT2D eigenvalue weighted by Crippen LogP contribution is -2.37. The van der Waals surface area contributed by atoms with Crippen LogP contribution in [0.3, 0.4) is 0 Å². The van der Waals surface area contributed by atoms with E-state index in [-0.39, 0.29) is 18.3 Å². The van der Waals surface area contributed by atoms with Crippen molar-refractivity contribution in [3.05, 3.63) is 53.0 Å². The van der Waals surface area contributed by atoms with Crippen molar-refractivity contribution in [2.24, 2.45) is 0 Å². The monoisotopic (exact) mass is 414 g/mol. The van der Waals surface area contributed by atoms with Crippen molar-refractivity contribution in [2.75, 3.05) is 6.61 Å². The molecule has 6 nitrogen and oxygen atoms in total. The topological polar surface area (TPSA) is 69.0 Å². The third-order valence-electron chi connectivity index (χ3n) is 5.20. The van der Waals surface area contributed by atoms with E-state index in [2.05, 4.69) is 14.9 Å². The van der Waals surface area contributed by atoms with E-state index in [0.29, 0.717) is 11.1 Å². The molecule has 1 N–H and O–H groups in total. The number of amides is 1. The standard InChI is InChI=1S/C22H24F2N4O2/c1-13-10-16(20-21(25-13)28-9-5-3-4-6-19(28)27-20)22(29)26-14(2)12-30-18-8-7-15(23)11-17(18)24/h7-8,10-11,14H,3-6,9,12H2,1-2H3,(H,26,29). The number of benzene rings is 1. The van der Waals surface area contributed by atoms with Crippen LogP contribution in [0.5, 0.6) is 5.75 Å². The molecule has 1 unspecified atom stereocenters. The number of aryl methyl sites for hydroxylation is 3. The van der Waals surface area contributed by atoms with Crippen LogP contribution in [0.1, 0.15) is 48.1 Å². The van der Waals surface area contributed by atoms with Gasteiger partial charge in [0.2, 0.25) is 0 Å². The molecule has 1 atom stereocenters. The van der Waals surface area contributed by atoms with Crippen LogP contribution in [0.15, 0.2) is 24.3 Å². The Morgan fingerprint density at radius 1 is 1.23 bits per heavy atom. The molecule has 3 aromatic rings. The summed E-state index contributed by atoms with van der Waals surface area (Å²) in [5, 5.41) is 2.87. The Kier molecular flexibility index (Phi) is 5.65. The highest BCUT2D eigenvalue weighted by atomic mass is 19.1. The van der Waals surface area contributed by atoms with Gasteiger partial charge in [-0.15, -0.1) is 0 Å². The van der Waals surface area contributed by atoms with Gasteiger partial charge in [0.15, 0.2) is 17.2 Å². The number of carbonyl (C=O) groups is 1. The van der Waals surface area contributed by atoms with Gasteiger partial charge in [-0.2, -0.15) is 0 Å². The predicted molar refractivity (Wildman–Crippen MR) is 109 cm³/mol. The first-order valence-corrected chi connectivity index (χ1v) is 10.2. The summed E-state index contributed by atoms with van der Waals surface area (Å²) in [5.41, 5.74) is 2.57. The Balaban J connectivity index is 1.51. The normalized spacial score (nSPS) is 14.8. The van der Waals surface area contributed by atoms with Gasteiger partial charge in [-0.3, -0.25) is 4.79 Å². The second-order valence-corrected chi connectivity index (χ2v) is 7.73. The molecule has 3 heterocycles. The lowest BCUT2D eigenvalue weighted by Gasteiger charge is -2.16. The van der Waals surface area contributed by atoms with Crippen LogP contribution >= 0.6 is 0 Å². The highest BCUT2D eigenvalue weighted by Crippen LogP contribution is 2.24. The molecule has 8 heteroatoms. The maximum Gasteiger partial charge on any atom is 0.254 e. The molecule has 1 aliphatic heterocycles. The Morgan fingerprint density at radius 3 is 2.87 bits per heavy atom. The van der Waals surface area contributed by atoms with Crippen molar-refractivity contribution in [1.29, 1.82) is 0 Å². The molecule has 0 radical (unpaired) electrons. The summed E-state index contributed by atoms with van der Waals surface area (Å²) in [6.07, 6.45) is 4.20. The highest BCUT2D eigenvalue weighted by Gasteiger charge is 2.22. The summed E-state index contributed by atoms with van der Waals surface area (Å²) >= 11 is 0. The summed E-state index contributed by atoms with van der Waals surface area (Å²) in [6.45, 7) is 4.52. The number of hydrogen-bond acceptors (Lipinski definition) is 4. The lowest BCUT2D eigenvalue weighted by molar-refractivity contribution is 0.0927. The number of hydrogen-bond donors (Lipinski definition) is 1. The van der Waals surface area contributed by atoms with E-state index in [1.807, 2.05) is 6.92 Å². The van der Waals surface area contributed by atoms with Gasteiger partial charge < -0.3 is 14.6 Å². The molecular formula is C22H24F2N4O2. The first-order valence-electron chi connectivity index (χ1n) is 10.2. The number of carbonyl (C=O) groups excluding carboxylic acids is 1. The molecule has 2 aromatic heterocycles. The third kappa shape index (κ3) is 4.13. The van der Waals surface area contributed by atoms with Crippen molar-refractivity contribution >= 4 is 17.1 Å². The molecule has 0 fully saturated rings. The fourth-order valence-electron chi connectivity index (χ4n) is 3.74. The number of pyridine rings is 1. The number of aromatic nitrogens is 3. The zero-order chi connectivity index (χ0) is 21.3. The summed E-state index contributed by atoms with van der Waals surface area (Å²) in [4.78, 5) is 22.3. The van der Waals surface area contributed by atoms with E-state index in [1.165, 1.54) is 6.07 Å². The van der Waals surface area contributed by atoms with Gasteiger partial charge in [-0.25, -0.2) is 18.7 Å². The summed E-state index contributed by atoms with van der Waals surface area (Å²) < 4.78 is 34.2. The first-order chi connectivity index (χ1) is 14.4. The molecule has 0 aliphatic carbocycles. The van der Waals surface area contributed by atoms with Crippen LogP contribution in [-0.2, 0) is 13.0 Å². The van der Waals surface area contributed by atoms with Gasteiger partial charge in [0, 0.05) is 24.7 Å². The van der Waals surface area contributed by atoms with Crippen molar-refractivity contribution < 1.29 is 18.3 Å². The zero-order valence-corrected chi connectivity index (χ0v) is 17.0. The number of nitrogens with zero attached hydrogens (tertiary/aromatic N) is 3. The number of ether oxygens (including phenoxy) is 1. The molecule has 158 valence electrons. The molecule has 0 saturated carbocycles. The number of fused-ring (bicyclic) bond motifs is 3. The van der Waals surface area contributed by atoms with Crippen LogP contribution in [0, 0.1) is 18.6 Å². The van der Waals surface area contributed by atoms with E-state index in [0.717, 1.165) is 61.5 Å². The average Bonchev–Trinajstić information content (AvgIpc) is 2.88. The summed E-state index contributed by atoms with van der Waals surface area (Å²) in [6, 6.07) is 4.45. The molecule has 0 bridgehead atoms. The van der Waals surface area contributed by atoms with Gasteiger partial charge in [0.25, 0.3) is 5.91 Å². The number of nitrogens with one attached hydrogen (secondary N) is 1. The molecule has 30 heavy (non-hydrogen) atoms. The molecule has 0 saturated heterocycles. The van der Waals surface area contributed by atoms with Gasteiger partial charge in [0.05, 0.1) is 11.6 Å². The van der Waals surface area contributed by atoms with Crippen molar-refractivity contribution in [3.63, 3.8) is 0 Å². The highest BCUT2D eigenvalue weighted by molar-refractivity contribution is 6.04. The second-order valence-electron chi connectivity index (χ2n) is 7.73. The van der Waals surface area contributed by atoms with Crippen molar-refractivity contribution in [3.8, 4) is 5.75 Å². The number of halogens is 2. The van der Waals surface area contributed by atoms with E-state index >= 15 is 0 Å². The van der Waals surface area contributed by atoms with Crippen LogP contribution in [0.2, 0.25) is 0 Å². The minimum absolute atomic E-state index is 0.0428. The third-order valence-corrected chi connectivity index (χ3v) is 5.20. The molecule has 1 aromatic carbocycles. The van der Waals surface area contributed by atoms with Crippen molar-refractivity contribution in [1.82, 2.24) is 19.9 Å². The van der Waals surface area contributed by atoms with Crippen LogP contribution in [0.25, 0.3) is 11.2 Å². The lowest BCUT2D eigenvalue weighted by atomic mass is 10.1. The van der Waals surface area contributed by atoms with Gasteiger partial charge in [-0.1, -0.05) is 6.42 Å². The molecule has 4 rings (SSSR count). The second kappa shape index (κ2) is 8.38. The van der Waals surface area contributed by atoms with E-state index in [1.54, 1.807) is 13.0 Å². The maximum absolute atomic E-state index is 13.7. The molecule has 1 amide bonds. The van der Waals surface area contributed by atoms with E-state index < -0.39 is 17.7 Å². The number of rotatable bonds is 5. The van der Waals surface area contributed by atoms with E-state index in [4.69, 9.17) is 9.72 Å². The Morgan fingerprint density at radius 2 is 2.07 bits per heavy atom. The van der Waals surface area contributed by atoms with Gasteiger partial charge >= 0.3 is 0 Å². The number of imidazole rings is 1. The minimum atomic E-state index is -0.778. The van der Waals surface area contributed by atoms with Gasteiger partial charge in [0.1, 0.15) is 23.8 Å². The first kappa shape index (κ1) is 20.3. The maximum atomic E-state index is 13.7. The molecule has 1 aliphatic rings. The van der Waals surface area contributed by atoms with Crippen LogP contribution in [-0.4, -0.2) is 33.1 Å². The predicted octanol–water partition coefficient (Wildman–Crippen LogP) is 3.94. The largest absolute Gasteiger partial charge is 0.488 e. The Bertz CT molecular complexity index is 1100. The van der Waals surface area contributed by atoms with Crippen molar-refractivity contribution in [2.45, 2.75) is 52.1 Å². The molecule has 0 spiro atoms. The fourth-order valence-corrected chi connectivity index (χ4v) is 3.74. The summed E-state index contributed by atoms with van der Waals surface area (Å²) in [5.74, 6) is -0.819. The van der Waals surface area contributed by atoms with Crippen LogP contribution < -0.4 is 10.1 Å². The van der Waals surface area contributed by atoms with Crippen LogP contribution in [0.4, 0.5) is 8.78 Å². The summed E-state index contributed by atoms with van der Waals surface area (Å²) in [7, 11) is 0. The molecular weight excluding hydrogens is 390 g/mol. The van der Waals surface area contributed by atoms with E-state index in [9.17, 15) is 13.6 Å². The Hall–Kier alpha value is -3.03. The van der Waals surface area contributed by atoms with Gasteiger partial charge in [-0.05, 0) is 44.9 Å².